The molecule has 1 aromatic rings. The van der Waals surface area contributed by atoms with Gasteiger partial charge >= 0.3 is 0 Å². The third-order valence-electron chi connectivity index (χ3n) is 3.53. The lowest BCUT2D eigenvalue weighted by atomic mass is 10.1. The van der Waals surface area contributed by atoms with Crippen molar-refractivity contribution in [2.24, 2.45) is 0 Å². The molecular formula is C15H25NO2. The summed E-state index contributed by atoms with van der Waals surface area (Å²) in [5, 5.41) is 9.51. The van der Waals surface area contributed by atoms with Gasteiger partial charge in [-0.05, 0) is 58.0 Å². The lowest BCUT2D eigenvalue weighted by molar-refractivity contribution is 0.0861. The van der Waals surface area contributed by atoms with E-state index in [4.69, 9.17) is 4.74 Å². The van der Waals surface area contributed by atoms with E-state index in [0.29, 0.717) is 0 Å². The maximum atomic E-state index is 9.51. The summed E-state index contributed by atoms with van der Waals surface area (Å²) < 4.78 is 5.13. The van der Waals surface area contributed by atoms with E-state index in [1.807, 2.05) is 19.1 Å². The molecule has 3 nitrogen and oxygen atoms in total. The van der Waals surface area contributed by atoms with E-state index >= 15 is 0 Å². The first-order valence-electron chi connectivity index (χ1n) is 6.56. The Labute approximate surface area is 110 Å². The summed E-state index contributed by atoms with van der Waals surface area (Å²) in [6.45, 7) is 4.89. The van der Waals surface area contributed by atoms with Crippen molar-refractivity contribution in [1.29, 1.82) is 0 Å². The molecule has 0 saturated heterocycles. The molecule has 1 aromatic carbocycles. The van der Waals surface area contributed by atoms with Gasteiger partial charge in [-0.25, -0.2) is 0 Å². The smallest absolute Gasteiger partial charge is 0.118 e. The van der Waals surface area contributed by atoms with Crippen LogP contribution in [0.4, 0.5) is 0 Å². The van der Waals surface area contributed by atoms with E-state index in [1.165, 1.54) is 5.56 Å². The van der Waals surface area contributed by atoms with Crippen molar-refractivity contribution in [2.75, 3.05) is 20.7 Å². The second-order valence-corrected chi connectivity index (χ2v) is 4.91. The number of ether oxygens (including phenoxy) is 1. The van der Waals surface area contributed by atoms with Crippen molar-refractivity contribution < 1.29 is 9.84 Å². The molecule has 0 heterocycles. The van der Waals surface area contributed by atoms with Gasteiger partial charge in [-0.15, -0.1) is 0 Å². The molecular weight excluding hydrogens is 226 g/mol. The van der Waals surface area contributed by atoms with Crippen LogP contribution < -0.4 is 4.74 Å². The van der Waals surface area contributed by atoms with Gasteiger partial charge in [-0.1, -0.05) is 12.1 Å². The summed E-state index contributed by atoms with van der Waals surface area (Å²) in [6, 6.07) is 8.42. The van der Waals surface area contributed by atoms with Gasteiger partial charge in [-0.2, -0.15) is 0 Å². The Morgan fingerprint density at radius 2 is 1.83 bits per heavy atom. The minimum absolute atomic E-state index is 0.209. The summed E-state index contributed by atoms with van der Waals surface area (Å²) >= 11 is 0. The highest BCUT2D eigenvalue weighted by molar-refractivity contribution is 5.27. The summed E-state index contributed by atoms with van der Waals surface area (Å²) in [7, 11) is 3.74. The predicted octanol–water partition coefficient (Wildman–Crippen LogP) is 2.33. The molecule has 102 valence electrons. The molecule has 2 atom stereocenters. The fraction of sp³-hybridized carbons (Fsp3) is 0.600. The van der Waals surface area contributed by atoms with Crippen LogP contribution in [-0.4, -0.2) is 42.9 Å². The number of aliphatic hydroxyl groups is 1. The van der Waals surface area contributed by atoms with Crippen molar-refractivity contribution in [1.82, 2.24) is 4.90 Å². The van der Waals surface area contributed by atoms with Gasteiger partial charge in [-0.3, -0.25) is 0 Å². The Balaban J connectivity index is 2.32. The zero-order chi connectivity index (χ0) is 13.5. The van der Waals surface area contributed by atoms with Crippen molar-refractivity contribution in [2.45, 2.75) is 38.8 Å². The molecule has 0 aromatic heterocycles. The summed E-state index contributed by atoms with van der Waals surface area (Å²) in [5.41, 5.74) is 1.33. The lowest BCUT2D eigenvalue weighted by Crippen LogP contribution is -2.38. The third kappa shape index (κ3) is 4.67. The highest BCUT2D eigenvalue weighted by atomic mass is 16.5. The molecule has 0 saturated carbocycles. The lowest BCUT2D eigenvalue weighted by Gasteiger charge is -2.26. The highest BCUT2D eigenvalue weighted by Crippen LogP contribution is 2.13. The van der Waals surface area contributed by atoms with Gasteiger partial charge in [0, 0.05) is 6.04 Å². The van der Waals surface area contributed by atoms with Gasteiger partial charge in [0.25, 0.3) is 0 Å². The number of aryl methyl sites for hydroxylation is 1. The van der Waals surface area contributed by atoms with Crippen LogP contribution in [-0.2, 0) is 6.42 Å². The minimum atomic E-state index is -0.281. The molecule has 3 heteroatoms. The van der Waals surface area contributed by atoms with Crippen molar-refractivity contribution >= 4 is 0 Å². The Morgan fingerprint density at radius 3 is 2.33 bits per heavy atom. The Hall–Kier alpha value is -1.06. The molecule has 2 unspecified atom stereocenters. The monoisotopic (exact) mass is 251 g/mol. The molecule has 0 aliphatic carbocycles. The molecule has 0 fully saturated rings. The number of likely N-dealkylation sites (N-methyl/N-ethyl adjacent to an activating group) is 1. The first-order valence-corrected chi connectivity index (χ1v) is 6.56. The van der Waals surface area contributed by atoms with Crippen LogP contribution in [0, 0.1) is 0 Å². The van der Waals surface area contributed by atoms with Crippen LogP contribution in [0.5, 0.6) is 5.75 Å². The van der Waals surface area contributed by atoms with Gasteiger partial charge in [0.15, 0.2) is 0 Å². The number of aliphatic hydroxyl groups excluding tert-OH is 1. The number of rotatable bonds is 7. The fourth-order valence-corrected chi connectivity index (χ4v) is 1.90. The largest absolute Gasteiger partial charge is 0.497 e. The molecule has 0 amide bonds. The number of methoxy groups -OCH3 is 1. The average molecular weight is 251 g/mol. The number of benzene rings is 1. The van der Waals surface area contributed by atoms with Crippen molar-refractivity contribution in [3.8, 4) is 5.75 Å². The van der Waals surface area contributed by atoms with Gasteiger partial charge in [0.1, 0.15) is 5.75 Å². The summed E-state index contributed by atoms with van der Waals surface area (Å²) in [5.74, 6) is 0.901. The zero-order valence-electron chi connectivity index (χ0n) is 11.9. The molecule has 18 heavy (non-hydrogen) atoms. The molecule has 0 spiro atoms. The highest BCUT2D eigenvalue weighted by Gasteiger charge is 2.13. The predicted molar refractivity (Wildman–Crippen MR) is 75.1 cm³/mol. The van der Waals surface area contributed by atoms with E-state index < -0.39 is 0 Å². The standard InChI is InChI=1S/C15H25NO2/c1-12(13(2)17)16(3)11-5-6-14-7-9-15(18-4)10-8-14/h7-10,12-13,17H,5-6,11H2,1-4H3. The van der Waals surface area contributed by atoms with E-state index in [1.54, 1.807) is 7.11 Å². The van der Waals surface area contributed by atoms with Crippen LogP contribution >= 0.6 is 0 Å². The molecule has 0 aliphatic heterocycles. The van der Waals surface area contributed by atoms with Crippen LogP contribution in [0.2, 0.25) is 0 Å². The second kappa shape index (κ2) is 7.39. The fourth-order valence-electron chi connectivity index (χ4n) is 1.90. The van der Waals surface area contributed by atoms with E-state index in [0.717, 1.165) is 25.1 Å². The third-order valence-corrected chi connectivity index (χ3v) is 3.53. The molecule has 1 N–H and O–H groups in total. The maximum Gasteiger partial charge on any atom is 0.118 e. The Bertz CT molecular complexity index is 335. The average Bonchev–Trinajstić information content (AvgIpc) is 2.38. The molecule has 0 aliphatic rings. The second-order valence-electron chi connectivity index (χ2n) is 4.91. The van der Waals surface area contributed by atoms with Crippen molar-refractivity contribution in [3.05, 3.63) is 29.8 Å². The van der Waals surface area contributed by atoms with Gasteiger partial charge < -0.3 is 14.7 Å². The molecule has 0 bridgehead atoms. The van der Waals surface area contributed by atoms with E-state index in [2.05, 4.69) is 31.0 Å². The van der Waals surface area contributed by atoms with E-state index in [9.17, 15) is 5.11 Å². The van der Waals surface area contributed by atoms with E-state index in [-0.39, 0.29) is 12.1 Å². The summed E-state index contributed by atoms with van der Waals surface area (Å²) in [4.78, 5) is 2.20. The number of nitrogens with zero attached hydrogens (tertiary/aromatic N) is 1. The number of hydrogen-bond donors (Lipinski definition) is 1. The minimum Gasteiger partial charge on any atom is -0.497 e. The SMILES string of the molecule is COc1ccc(CCCN(C)C(C)C(C)O)cc1. The zero-order valence-corrected chi connectivity index (χ0v) is 11.9. The topological polar surface area (TPSA) is 32.7 Å². The van der Waals surface area contributed by atoms with Crippen molar-refractivity contribution in [3.63, 3.8) is 0 Å². The first kappa shape index (κ1) is 15.0. The molecule has 0 radical (unpaired) electrons. The maximum absolute atomic E-state index is 9.51. The van der Waals surface area contributed by atoms with Crippen LogP contribution in [0.1, 0.15) is 25.8 Å². The van der Waals surface area contributed by atoms with Gasteiger partial charge in [0.2, 0.25) is 0 Å². The quantitative estimate of drug-likeness (QED) is 0.807. The van der Waals surface area contributed by atoms with Gasteiger partial charge in [0.05, 0.1) is 13.2 Å². The first-order chi connectivity index (χ1) is 8.54. The van der Waals surface area contributed by atoms with Crippen LogP contribution in [0.3, 0.4) is 0 Å². The van der Waals surface area contributed by atoms with Crippen LogP contribution in [0.25, 0.3) is 0 Å². The summed E-state index contributed by atoms with van der Waals surface area (Å²) in [6.07, 6.45) is 1.87. The Morgan fingerprint density at radius 1 is 1.22 bits per heavy atom. The molecule has 1 rings (SSSR count). The normalized spacial score (nSPS) is 14.6. The number of hydrogen-bond acceptors (Lipinski definition) is 3. The van der Waals surface area contributed by atoms with Crippen LogP contribution in [0.15, 0.2) is 24.3 Å². The Kier molecular flexibility index (Phi) is 6.16.